The topological polar surface area (TPSA) is 68.5 Å². The average molecular weight is 299 g/mol. The number of carboxylic acids is 1. The molecule has 22 heavy (non-hydrogen) atoms. The van der Waals surface area contributed by atoms with Crippen molar-refractivity contribution in [2.24, 2.45) is 0 Å². The Hall–Kier alpha value is -2.82. The van der Waals surface area contributed by atoms with Gasteiger partial charge in [-0.2, -0.15) is 0 Å². The van der Waals surface area contributed by atoms with Crippen LogP contribution < -0.4 is 10.3 Å². The maximum atomic E-state index is 11.9. The number of aryl methyl sites for hydroxylation is 1. The second kappa shape index (κ2) is 7.26. The van der Waals surface area contributed by atoms with Gasteiger partial charge < -0.3 is 14.4 Å². The van der Waals surface area contributed by atoms with Crippen molar-refractivity contribution in [2.45, 2.75) is 13.0 Å². The first-order valence-corrected chi connectivity index (χ1v) is 6.83. The molecule has 1 heterocycles. The van der Waals surface area contributed by atoms with E-state index in [1.54, 1.807) is 19.4 Å². The molecule has 0 bridgehead atoms. The van der Waals surface area contributed by atoms with Crippen LogP contribution in [0.3, 0.4) is 0 Å². The van der Waals surface area contributed by atoms with Crippen LogP contribution in [0.5, 0.6) is 5.75 Å². The van der Waals surface area contributed by atoms with Crippen LogP contribution in [0.15, 0.2) is 47.4 Å². The van der Waals surface area contributed by atoms with E-state index in [4.69, 9.17) is 9.84 Å². The maximum absolute atomic E-state index is 11.9. The van der Waals surface area contributed by atoms with Crippen molar-refractivity contribution in [2.75, 3.05) is 7.11 Å². The Bertz CT molecular complexity index is 746. The Morgan fingerprint density at radius 2 is 1.95 bits per heavy atom. The molecule has 0 spiro atoms. The lowest BCUT2D eigenvalue weighted by Gasteiger charge is -2.03. The highest BCUT2D eigenvalue weighted by molar-refractivity contribution is 5.70. The molecular formula is C17H17NO4. The van der Waals surface area contributed by atoms with Crippen LogP contribution in [0.4, 0.5) is 0 Å². The van der Waals surface area contributed by atoms with Gasteiger partial charge in [0.1, 0.15) is 5.75 Å². The summed E-state index contributed by atoms with van der Waals surface area (Å²) in [4.78, 5) is 22.4. The normalized spacial score (nSPS) is 10.8. The molecule has 1 aromatic carbocycles. The predicted octanol–water partition coefficient (Wildman–Crippen LogP) is 2.50. The van der Waals surface area contributed by atoms with Gasteiger partial charge in [-0.15, -0.1) is 0 Å². The zero-order chi connectivity index (χ0) is 15.9. The summed E-state index contributed by atoms with van der Waals surface area (Å²) in [5.41, 5.74) is 1.52. The molecule has 2 aromatic rings. The number of nitrogens with zero attached hydrogens (tertiary/aromatic N) is 1. The lowest BCUT2D eigenvalue weighted by molar-refractivity contribution is -0.137. The highest BCUT2D eigenvalue weighted by Crippen LogP contribution is 2.14. The molecule has 0 saturated carbocycles. The monoisotopic (exact) mass is 299 g/mol. The van der Waals surface area contributed by atoms with Gasteiger partial charge in [-0.3, -0.25) is 9.59 Å². The summed E-state index contributed by atoms with van der Waals surface area (Å²) in [6.45, 7) is 0.175. The quantitative estimate of drug-likeness (QED) is 0.890. The minimum Gasteiger partial charge on any atom is -0.497 e. The van der Waals surface area contributed by atoms with Gasteiger partial charge in [-0.25, -0.2) is 0 Å². The van der Waals surface area contributed by atoms with Crippen LogP contribution in [-0.2, 0) is 11.3 Å². The fourth-order valence-electron chi connectivity index (χ4n) is 1.97. The summed E-state index contributed by atoms with van der Waals surface area (Å²) >= 11 is 0. The lowest BCUT2D eigenvalue weighted by atomic mass is 10.1. The van der Waals surface area contributed by atoms with E-state index < -0.39 is 5.97 Å². The Morgan fingerprint density at radius 3 is 2.59 bits per heavy atom. The van der Waals surface area contributed by atoms with Crippen molar-refractivity contribution >= 4 is 18.1 Å². The number of carbonyl (C=O) groups is 1. The Labute approximate surface area is 128 Å². The number of aromatic nitrogens is 1. The van der Waals surface area contributed by atoms with Gasteiger partial charge in [0.15, 0.2) is 0 Å². The number of aliphatic carboxylic acids is 1. The summed E-state index contributed by atoms with van der Waals surface area (Å²) in [5.74, 6) is -0.153. The van der Waals surface area contributed by atoms with Crippen LogP contribution in [-0.4, -0.2) is 22.8 Å². The molecule has 0 unspecified atom stereocenters. The van der Waals surface area contributed by atoms with Gasteiger partial charge in [0.2, 0.25) is 0 Å². The van der Waals surface area contributed by atoms with E-state index in [2.05, 4.69) is 0 Å². The minimum absolute atomic E-state index is 0.0705. The third-order valence-corrected chi connectivity index (χ3v) is 3.15. The van der Waals surface area contributed by atoms with E-state index in [0.29, 0.717) is 0 Å². The molecule has 0 amide bonds. The summed E-state index contributed by atoms with van der Waals surface area (Å²) in [5, 5.41) is 8.64. The zero-order valence-electron chi connectivity index (χ0n) is 12.2. The number of pyridine rings is 1. The van der Waals surface area contributed by atoms with E-state index in [1.165, 1.54) is 10.6 Å². The van der Waals surface area contributed by atoms with Gasteiger partial charge >= 0.3 is 5.97 Å². The lowest BCUT2D eigenvalue weighted by Crippen LogP contribution is -2.20. The number of carboxylic acid groups (broad SMARTS) is 1. The van der Waals surface area contributed by atoms with E-state index >= 15 is 0 Å². The van der Waals surface area contributed by atoms with Crippen LogP contribution in [0.2, 0.25) is 0 Å². The van der Waals surface area contributed by atoms with Crippen molar-refractivity contribution in [1.29, 1.82) is 0 Å². The van der Waals surface area contributed by atoms with Crippen LogP contribution >= 0.6 is 0 Å². The van der Waals surface area contributed by atoms with Gasteiger partial charge in [-0.05, 0) is 29.3 Å². The average Bonchev–Trinajstić information content (AvgIpc) is 2.52. The van der Waals surface area contributed by atoms with Gasteiger partial charge in [0.25, 0.3) is 5.56 Å². The van der Waals surface area contributed by atoms with Crippen molar-refractivity contribution in [3.8, 4) is 5.75 Å². The summed E-state index contributed by atoms with van der Waals surface area (Å²) in [7, 11) is 1.61. The molecule has 0 aliphatic rings. The smallest absolute Gasteiger partial charge is 0.305 e. The summed E-state index contributed by atoms with van der Waals surface area (Å²) < 4.78 is 6.54. The SMILES string of the molecule is COc1cccc(/C=C/c2ccn(CCC(=O)O)c(=O)c2)c1. The van der Waals surface area contributed by atoms with E-state index in [0.717, 1.165) is 16.9 Å². The molecule has 0 fully saturated rings. The van der Waals surface area contributed by atoms with Gasteiger partial charge in [0, 0.05) is 18.8 Å². The van der Waals surface area contributed by atoms with Gasteiger partial charge in [0.05, 0.1) is 13.5 Å². The third-order valence-electron chi connectivity index (χ3n) is 3.15. The first-order chi connectivity index (χ1) is 10.6. The van der Waals surface area contributed by atoms with Crippen molar-refractivity contribution in [3.63, 3.8) is 0 Å². The zero-order valence-corrected chi connectivity index (χ0v) is 12.2. The van der Waals surface area contributed by atoms with Crippen molar-refractivity contribution in [1.82, 2.24) is 4.57 Å². The molecule has 0 atom stereocenters. The number of hydrogen-bond donors (Lipinski definition) is 1. The number of methoxy groups -OCH3 is 1. The molecule has 1 aromatic heterocycles. The molecule has 1 N–H and O–H groups in total. The summed E-state index contributed by atoms with van der Waals surface area (Å²) in [6.07, 6.45) is 5.26. The van der Waals surface area contributed by atoms with Gasteiger partial charge in [-0.1, -0.05) is 24.3 Å². The predicted molar refractivity (Wildman–Crippen MR) is 84.9 cm³/mol. The van der Waals surface area contributed by atoms with Crippen LogP contribution in [0.1, 0.15) is 17.5 Å². The Morgan fingerprint density at radius 1 is 1.23 bits per heavy atom. The molecule has 2 rings (SSSR count). The highest BCUT2D eigenvalue weighted by Gasteiger charge is 2.00. The number of ether oxygens (including phenoxy) is 1. The minimum atomic E-state index is -0.922. The second-order valence-electron chi connectivity index (χ2n) is 4.75. The van der Waals surface area contributed by atoms with E-state index in [-0.39, 0.29) is 18.5 Å². The third kappa shape index (κ3) is 4.34. The molecule has 0 saturated heterocycles. The molecule has 0 aliphatic heterocycles. The number of hydrogen-bond acceptors (Lipinski definition) is 3. The van der Waals surface area contributed by atoms with E-state index in [1.807, 2.05) is 36.4 Å². The second-order valence-corrected chi connectivity index (χ2v) is 4.75. The maximum Gasteiger partial charge on any atom is 0.305 e. The number of benzene rings is 1. The van der Waals surface area contributed by atoms with Crippen molar-refractivity contribution in [3.05, 3.63) is 64.1 Å². The Kier molecular flexibility index (Phi) is 5.14. The summed E-state index contributed by atoms with van der Waals surface area (Å²) in [6, 6.07) is 10.8. The fourth-order valence-corrected chi connectivity index (χ4v) is 1.97. The van der Waals surface area contributed by atoms with Crippen LogP contribution in [0.25, 0.3) is 12.2 Å². The molecule has 0 radical (unpaired) electrons. The molecule has 0 aliphatic carbocycles. The Balaban J connectivity index is 2.13. The van der Waals surface area contributed by atoms with Crippen LogP contribution in [0, 0.1) is 0 Å². The molecule has 5 heteroatoms. The fraction of sp³-hybridized carbons (Fsp3) is 0.176. The largest absolute Gasteiger partial charge is 0.497 e. The molecule has 5 nitrogen and oxygen atoms in total. The number of rotatable bonds is 6. The van der Waals surface area contributed by atoms with E-state index in [9.17, 15) is 9.59 Å². The first-order valence-electron chi connectivity index (χ1n) is 6.83. The highest BCUT2D eigenvalue weighted by atomic mass is 16.5. The molecular weight excluding hydrogens is 282 g/mol. The first kappa shape index (κ1) is 15.6. The molecule has 114 valence electrons. The standard InChI is InChI=1S/C17H17NO4/c1-22-15-4-2-3-13(11-15)5-6-14-7-9-18(16(19)12-14)10-8-17(20)21/h2-7,9,11-12H,8,10H2,1H3,(H,20,21)/b6-5+. The van der Waals surface area contributed by atoms with Crippen molar-refractivity contribution < 1.29 is 14.6 Å².